The molecule has 0 spiro atoms. The van der Waals surface area contributed by atoms with Crippen molar-refractivity contribution >= 4 is 16.8 Å². The van der Waals surface area contributed by atoms with Gasteiger partial charge in [-0.15, -0.1) is 0 Å². The second kappa shape index (κ2) is 6.18. The molecule has 0 heterocycles. The number of carboxylic acid groups (broad SMARTS) is 1. The fraction of sp³-hybridized carbons (Fsp3) is 0.188. The zero-order valence-electron chi connectivity index (χ0n) is 11.7. The predicted molar refractivity (Wildman–Crippen MR) is 79.4 cm³/mol. The van der Waals surface area contributed by atoms with Crippen LogP contribution in [-0.4, -0.2) is 15.3 Å². The van der Waals surface area contributed by atoms with Crippen molar-refractivity contribution in [1.82, 2.24) is 0 Å². The highest BCUT2D eigenvalue weighted by Crippen LogP contribution is 2.19. The number of halogens is 1. The summed E-state index contributed by atoms with van der Waals surface area (Å²) in [6.07, 6.45) is 0. The first kappa shape index (κ1) is 15.4. The van der Waals surface area contributed by atoms with Gasteiger partial charge in [-0.1, -0.05) is 12.1 Å². The van der Waals surface area contributed by atoms with E-state index in [2.05, 4.69) is 0 Å². The first-order valence-electron chi connectivity index (χ1n) is 6.36. The van der Waals surface area contributed by atoms with Gasteiger partial charge in [0.25, 0.3) is 0 Å². The lowest BCUT2D eigenvalue weighted by molar-refractivity contribution is 0.0696. The Morgan fingerprint density at radius 3 is 2.48 bits per heavy atom. The maximum absolute atomic E-state index is 13.1. The van der Waals surface area contributed by atoms with Crippen LogP contribution in [0.15, 0.2) is 41.3 Å². The summed E-state index contributed by atoms with van der Waals surface area (Å²) in [5.41, 5.74) is 2.29. The second-order valence-corrected chi connectivity index (χ2v) is 6.29. The largest absolute Gasteiger partial charge is 0.478 e. The number of benzene rings is 2. The van der Waals surface area contributed by atoms with Gasteiger partial charge in [0.1, 0.15) is 5.82 Å². The molecule has 21 heavy (non-hydrogen) atoms. The average Bonchev–Trinajstić information content (AvgIpc) is 2.42. The van der Waals surface area contributed by atoms with Crippen LogP contribution >= 0.6 is 0 Å². The van der Waals surface area contributed by atoms with Crippen LogP contribution in [0.1, 0.15) is 27.0 Å². The van der Waals surface area contributed by atoms with E-state index in [0.29, 0.717) is 10.5 Å². The van der Waals surface area contributed by atoms with Crippen LogP contribution < -0.4 is 0 Å². The summed E-state index contributed by atoms with van der Waals surface area (Å²) in [6, 6.07) is 9.08. The average molecular weight is 306 g/mol. The molecule has 0 aromatic heterocycles. The van der Waals surface area contributed by atoms with E-state index >= 15 is 0 Å². The van der Waals surface area contributed by atoms with Gasteiger partial charge in [-0.3, -0.25) is 4.21 Å². The summed E-state index contributed by atoms with van der Waals surface area (Å²) in [4.78, 5) is 11.6. The number of carbonyl (C=O) groups is 1. The molecule has 1 atom stereocenters. The monoisotopic (exact) mass is 306 g/mol. The Bertz CT molecular complexity index is 725. The molecule has 0 aliphatic rings. The van der Waals surface area contributed by atoms with Crippen LogP contribution in [0.25, 0.3) is 0 Å². The summed E-state index contributed by atoms with van der Waals surface area (Å²) in [7, 11) is -1.37. The van der Waals surface area contributed by atoms with E-state index in [4.69, 9.17) is 5.11 Å². The summed E-state index contributed by atoms with van der Waals surface area (Å²) in [5, 5.41) is 9.10. The van der Waals surface area contributed by atoms with Crippen molar-refractivity contribution in [1.29, 1.82) is 0 Å². The Hall–Kier alpha value is -2.01. The number of rotatable bonds is 4. The first-order chi connectivity index (χ1) is 9.88. The molecule has 2 aromatic rings. The van der Waals surface area contributed by atoms with Crippen molar-refractivity contribution in [3.05, 3.63) is 64.5 Å². The number of carboxylic acids is 1. The van der Waals surface area contributed by atoms with Crippen LogP contribution in [-0.2, 0) is 16.6 Å². The van der Waals surface area contributed by atoms with Gasteiger partial charge in [0.05, 0.1) is 22.1 Å². The number of aromatic carboxylic acids is 1. The highest BCUT2D eigenvalue weighted by Gasteiger charge is 2.13. The van der Waals surface area contributed by atoms with Crippen LogP contribution in [0.2, 0.25) is 0 Å². The molecule has 0 saturated heterocycles. The standard InChI is InChI=1S/C16H15FO3S/c1-10-3-6-14(8-15(10)16(18)19)21(20)9-12-4-5-13(17)7-11(12)2/h3-8H,9H2,1-2H3,(H,18,19). The van der Waals surface area contributed by atoms with Crippen LogP contribution in [0.3, 0.4) is 0 Å². The van der Waals surface area contributed by atoms with Crippen molar-refractivity contribution in [2.45, 2.75) is 24.5 Å². The lowest BCUT2D eigenvalue weighted by atomic mass is 10.1. The van der Waals surface area contributed by atoms with Crippen LogP contribution in [0.4, 0.5) is 4.39 Å². The van der Waals surface area contributed by atoms with E-state index in [-0.39, 0.29) is 17.1 Å². The number of hydrogen-bond donors (Lipinski definition) is 1. The fourth-order valence-electron chi connectivity index (χ4n) is 2.02. The van der Waals surface area contributed by atoms with Gasteiger partial charge in [0.2, 0.25) is 0 Å². The molecule has 0 aliphatic carbocycles. The van der Waals surface area contributed by atoms with Gasteiger partial charge in [0, 0.05) is 4.90 Å². The Morgan fingerprint density at radius 1 is 1.14 bits per heavy atom. The third-order valence-electron chi connectivity index (χ3n) is 3.29. The Morgan fingerprint density at radius 2 is 1.86 bits per heavy atom. The zero-order valence-corrected chi connectivity index (χ0v) is 12.5. The third-order valence-corrected chi connectivity index (χ3v) is 4.65. The lowest BCUT2D eigenvalue weighted by Gasteiger charge is -2.08. The van der Waals surface area contributed by atoms with E-state index in [1.807, 2.05) is 0 Å². The maximum Gasteiger partial charge on any atom is 0.335 e. The molecule has 0 fully saturated rings. The first-order valence-corrected chi connectivity index (χ1v) is 7.67. The highest BCUT2D eigenvalue weighted by atomic mass is 32.2. The maximum atomic E-state index is 13.1. The Labute approximate surface area is 124 Å². The Balaban J connectivity index is 2.28. The molecule has 0 aliphatic heterocycles. The number of aryl methyl sites for hydroxylation is 2. The molecule has 110 valence electrons. The quantitative estimate of drug-likeness (QED) is 0.941. The van der Waals surface area contributed by atoms with Crippen molar-refractivity contribution in [3.8, 4) is 0 Å². The molecular weight excluding hydrogens is 291 g/mol. The summed E-state index contributed by atoms with van der Waals surface area (Å²) in [6.45, 7) is 3.45. The SMILES string of the molecule is Cc1cc(F)ccc1CS(=O)c1ccc(C)c(C(=O)O)c1. The van der Waals surface area contributed by atoms with E-state index in [1.165, 1.54) is 18.2 Å². The van der Waals surface area contributed by atoms with E-state index in [9.17, 15) is 13.4 Å². The molecule has 0 radical (unpaired) electrons. The minimum atomic E-state index is -1.37. The zero-order chi connectivity index (χ0) is 15.6. The molecule has 0 saturated carbocycles. The van der Waals surface area contributed by atoms with Gasteiger partial charge in [0.15, 0.2) is 0 Å². The van der Waals surface area contributed by atoms with Crippen molar-refractivity contribution in [3.63, 3.8) is 0 Å². The molecular formula is C16H15FO3S. The molecule has 5 heteroatoms. The number of hydrogen-bond acceptors (Lipinski definition) is 2. The van der Waals surface area contributed by atoms with Crippen molar-refractivity contribution in [2.24, 2.45) is 0 Å². The molecule has 3 nitrogen and oxygen atoms in total. The van der Waals surface area contributed by atoms with Crippen LogP contribution in [0.5, 0.6) is 0 Å². The summed E-state index contributed by atoms with van der Waals surface area (Å²) < 4.78 is 25.4. The van der Waals surface area contributed by atoms with Gasteiger partial charge in [-0.05, 0) is 54.8 Å². The molecule has 2 rings (SSSR count). The van der Waals surface area contributed by atoms with Crippen molar-refractivity contribution in [2.75, 3.05) is 0 Å². The second-order valence-electron chi connectivity index (χ2n) is 4.84. The minimum Gasteiger partial charge on any atom is -0.478 e. The molecule has 0 bridgehead atoms. The van der Waals surface area contributed by atoms with E-state index < -0.39 is 16.8 Å². The van der Waals surface area contributed by atoms with Crippen LogP contribution in [0, 0.1) is 19.7 Å². The molecule has 1 N–H and O–H groups in total. The topological polar surface area (TPSA) is 54.4 Å². The summed E-state index contributed by atoms with van der Waals surface area (Å²) >= 11 is 0. The molecule has 2 aromatic carbocycles. The minimum absolute atomic E-state index is 0.150. The van der Waals surface area contributed by atoms with Gasteiger partial charge in [-0.2, -0.15) is 0 Å². The lowest BCUT2D eigenvalue weighted by Crippen LogP contribution is -2.04. The highest BCUT2D eigenvalue weighted by molar-refractivity contribution is 7.84. The van der Waals surface area contributed by atoms with E-state index in [1.54, 1.807) is 32.0 Å². The third kappa shape index (κ3) is 3.55. The smallest absolute Gasteiger partial charge is 0.335 e. The normalized spacial score (nSPS) is 12.1. The van der Waals surface area contributed by atoms with Gasteiger partial charge < -0.3 is 5.11 Å². The summed E-state index contributed by atoms with van der Waals surface area (Å²) in [5.74, 6) is -1.14. The van der Waals surface area contributed by atoms with Gasteiger partial charge in [-0.25, -0.2) is 9.18 Å². The predicted octanol–water partition coefficient (Wildman–Crippen LogP) is 3.45. The van der Waals surface area contributed by atoms with Gasteiger partial charge >= 0.3 is 5.97 Å². The fourth-order valence-corrected chi connectivity index (χ4v) is 3.26. The Kier molecular flexibility index (Phi) is 4.53. The van der Waals surface area contributed by atoms with Crippen molar-refractivity contribution < 1.29 is 18.5 Å². The molecule has 1 unspecified atom stereocenters. The van der Waals surface area contributed by atoms with E-state index in [0.717, 1.165) is 11.1 Å². The molecule has 0 amide bonds.